The summed E-state index contributed by atoms with van der Waals surface area (Å²) in [4.78, 5) is 12.1. The minimum Gasteiger partial charge on any atom is -0.383 e. The number of ether oxygens (including phenoxy) is 1. The number of carbonyl (C=O) groups excluding carboxylic acids is 1. The lowest BCUT2D eigenvalue weighted by molar-refractivity contribution is -0.116. The Kier molecular flexibility index (Phi) is 6.33. The maximum atomic E-state index is 12.1. The molecule has 1 heterocycles. The average molecular weight is 311 g/mol. The van der Waals surface area contributed by atoms with E-state index in [1.54, 1.807) is 6.07 Å². The molecule has 1 unspecified atom stereocenters. The number of benzene rings is 1. The second-order valence-corrected chi connectivity index (χ2v) is 5.77. The quantitative estimate of drug-likeness (QED) is 0.798. The summed E-state index contributed by atoms with van der Waals surface area (Å²) in [5.74, 6) is 0.00677. The Labute approximate surface area is 131 Å². The second-order valence-electron chi connectivity index (χ2n) is 5.34. The topological polar surface area (TPSA) is 50.4 Å². The van der Waals surface area contributed by atoms with Crippen LogP contribution < -0.4 is 10.6 Å². The zero-order valence-electron chi connectivity index (χ0n) is 12.5. The van der Waals surface area contributed by atoms with Crippen LogP contribution >= 0.6 is 11.6 Å². The van der Waals surface area contributed by atoms with E-state index >= 15 is 0 Å². The minimum atomic E-state index is 0.00677. The van der Waals surface area contributed by atoms with Crippen LogP contribution in [-0.2, 0) is 9.53 Å². The molecule has 1 aliphatic rings. The lowest BCUT2D eigenvalue weighted by atomic mass is 10.1. The lowest BCUT2D eigenvalue weighted by Crippen LogP contribution is -2.16. The molecule has 1 aromatic carbocycles. The molecule has 1 amide bonds. The average Bonchev–Trinajstić information content (AvgIpc) is 2.98. The van der Waals surface area contributed by atoms with Gasteiger partial charge in [-0.3, -0.25) is 4.79 Å². The van der Waals surface area contributed by atoms with Crippen molar-refractivity contribution in [2.45, 2.75) is 45.1 Å². The summed E-state index contributed by atoms with van der Waals surface area (Å²) >= 11 is 6.02. The van der Waals surface area contributed by atoms with Gasteiger partial charge in [-0.15, -0.1) is 0 Å². The molecule has 0 bridgehead atoms. The molecule has 1 saturated heterocycles. The normalized spacial score (nSPS) is 17.7. The number of hydrogen-bond donors (Lipinski definition) is 2. The summed E-state index contributed by atoms with van der Waals surface area (Å²) in [6, 6.07) is 5.50. The van der Waals surface area contributed by atoms with Gasteiger partial charge in [0.2, 0.25) is 5.91 Å². The molecule has 1 fully saturated rings. The number of hydrogen-bond acceptors (Lipinski definition) is 3. The van der Waals surface area contributed by atoms with Gasteiger partial charge in [-0.2, -0.15) is 0 Å². The van der Waals surface area contributed by atoms with Crippen molar-refractivity contribution in [3.05, 3.63) is 23.2 Å². The summed E-state index contributed by atoms with van der Waals surface area (Å²) in [6.07, 6.45) is 4.69. The standard InChI is InChI=1S/C16H23ClN2O2/c1-2-9-18-14-7-5-12(17)11-15(14)19-16(20)8-6-13-4-3-10-21-13/h5,7,11,13,18H,2-4,6,8-10H2,1H3,(H,19,20). The van der Waals surface area contributed by atoms with Crippen LogP contribution in [-0.4, -0.2) is 25.2 Å². The number of carbonyl (C=O) groups is 1. The molecule has 0 aromatic heterocycles. The van der Waals surface area contributed by atoms with Gasteiger partial charge in [0.15, 0.2) is 0 Å². The maximum Gasteiger partial charge on any atom is 0.224 e. The first-order valence-corrected chi connectivity index (χ1v) is 8.01. The first-order valence-electron chi connectivity index (χ1n) is 7.64. The molecule has 0 aliphatic carbocycles. The Morgan fingerprint density at radius 3 is 3.00 bits per heavy atom. The summed E-state index contributed by atoms with van der Waals surface area (Å²) in [5.41, 5.74) is 1.65. The zero-order chi connectivity index (χ0) is 15.1. The molecule has 0 spiro atoms. The van der Waals surface area contributed by atoms with Crippen LogP contribution in [0.1, 0.15) is 39.0 Å². The lowest BCUT2D eigenvalue weighted by Gasteiger charge is -2.14. The van der Waals surface area contributed by atoms with Crippen molar-refractivity contribution in [2.75, 3.05) is 23.8 Å². The van der Waals surface area contributed by atoms with Crippen molar-refractivity contribution in [1.82, 2.24) is 0 Å². The van der Waals surface area contributed by atoms with E-state index < -0.39 is 0 Å². The van der Waals surface area contributed by atoms with E-state index in [4.69, 9.17) is 16.3 Å². The molecule has 4 nitrogen and oxygen atoms in total. The van der Waals surface area contributed by atoms with Crippen molar-refractivity contribution < 1.29 is 9.53 Å². The Hall–Kier alpha value is -1.26. The maximum absolute atomic E-state index is 12.1. The molecule has 1 aromatic rings. The number of nitrogens with one attached hydrogen (secondary N) is 2. The molecule has 1 atom stereocenters. The summed E-state index contributed by atoms with van der Waals surface area (Å²) in [5, 5.41) is 6.85. The zero-order valence-corrected chi connectivity index (χ0v) is 13.2. The fourth-order valence-corrected chi connectivity index (χ4v) is 2.58. The van der Waals surface area contributed by atoms with Gasteiger partial charge >= 0.3 is 0 Å². The van der Waals surface area contributed by atoms with Gasteiger partial charge in [-0.25, -0.2) is 0 Å². The Morgan fingerprint density at radius 2 is 2.29 bits per heavy atom. The van der Waals surface area contributed by atoms with E-state index in [0.717, 1.165) is 50.2 Å². The molecular formula is C16H23ClN2O2. The van der Waals surface area contributed by atoms with Crippen molar-refractivity contribution in [3.8, 4) is 0 Å². The van der Waals surface area contributed by atoms with Gasteiger partial charge < -0.3 is 15.4 Å². The smallest absolute Gasteiger partial charge is 0.224 e. The van der Waals surface area contributed by atoms with Crippen molar-refractivity contribution >= 4 is 28.9 Å². The van der Waals surface area contributed by atoms with Crippen LogP contribution in [0.2, 0.25) is 5.02 Å². The van der Waals surface area contributed by atoms with Crippen LogP contribution in [0.3, 0.4) is 0 Å². The highest BCUT2D eigenvalue weighted by Crippen LogP contribution is 2.26. The third-order valence-corrected chi connectivity index (χ3v) is 3.77. The Balaban J connectivity index is 1.90. The minimum absolute atomic E-state index is 0.00677. The summed E-state index contributed by atoms with van der Waals surface area (Å²) in [7, 11) is 0. The van der Waals surface area contributed by atoms with Crippen molar-refractivity contribution in [2.24, 2.45) is 0 Å². The van der Waals surface area contributed by atoms with Crippen LogP contribution in [0.5, 0.6) is 0 Å². The molecule has 2 N–H and O–H groups in total. The van der Waals surface area contributed by atoms with Crippen LogP contribution in [0.15, 0.2) is 18.2 Å². The van der Waals surface area contributed by atoms with Gasteiger partial charge in [0.25, 0.3) is 0 Å². The van der Waals surface area contributed by atoms with Gasteiger partial charge in [0, 0.05) is 24.6 Å². The number of halogens is 1. The first kappa shape index (κ1) is 16.1. The second kappa shape index (κ2) is 8.25. The predicted molar refractivity (Wildman–Crippen MR) is 87.1 cm³/mol. The number of rotatable bonds is 7. The highest BCUT2D eigenvalue weighted by atomic mass is 35.5. The highest BCUT2D eigenvalue weighted by Gasteiger charge is 2.17. The fourth-order valence-electron chi connectivity index (χ4n) is 2.41. The Morgan fingerprint density at radius 1 is 1.43 bits per heavy atom. The largest absolute Gasteiger partial charge is 0.383 e. The third-order valence-electron chi connectivity index (χ3n) is 3.54. The summed E-state index contributed by atoms with van der Waals surface area (Å²) < 4.78 is 5.54. The van der Waals surface area contributed by atoms with E-state index in [0.29, 0.717) is 11.4 Å². The number of amides is 1. The van der Waals surface area contributed by atoms with E-state index in [1.807, 2.05) is 12.1 Å². The molecular weight excluding hydrogens is 288 g/mol. The van der Waals surface area contributed by atoms with Crippen LogP contribution in [0.4, 0.5) is 11.4 Å². The molecule has 116 valence electrons. The molecule has 2 rings (SSSR count). The van der Waals surface area contributed by atoms with Gasteiger partial charge in [-0.05, 0) is 43.9 Å². The van der Waals surface area contributed by atoms with E-state index in [9.17, 15) is 4.79 Å². The van der Waals surface area contributed by atoms with Gasteiger partial charge in [0.05, 0.1) is 17.5 Å². The molecule has 21 heavy (non-hydrogen) atoms. The first-order chi connectivity index (χ1) is 10.2. The predicted octanol–water partition coefficient (Wildman–Crippen LogP) is 4.06. The molecule has 1 aliphatic heterocycles. The van der Waals surface area contributed by atoms with E-state index in [-0.39, 0.29) is 12.0 Å². The fraction of sp³-hybridized carbons (Fsp3) is 0.562. The molecule has 0 saturated carbocycles. The van der Waals surface area contributed by atoms with E-state index in [1.165, 1.54) is 0 Å². The van der Waals surface area contributed by atoms with E-state index in [2.05, 4.69) is 17.6 Å². The Bertz CT molecular complexity index is 473. The van der Waals surface area contributed by atoms with Crippen LogP contribution in [0, 0.1) is 0 Å². The number of anilines is 2. The monoisotopic (exact) mass is 310 g/mol. The highest BCUT2D eigenvalue weighted by molar-refractivity contribution is 6.31. The van der Waals surface area contributed by atoms with Gasteiger partial charge in [-0.1, -0.05) is 18.5 Å². The van der Waals surface area contributed by atoms with Gasteiger partial charge in [0.1, 0.15) is 0 Å². The SMILES string of the molecule is CCCNc1ccc(Cl)cc1NC(=O)CCC1CCCO1. The third kappa shape index (κ3) is 5.21. The van der Waals surface area contributed by atoms with Crippen LogP contribution in [0.25, 0.3) is 0 Å². The van der Waals surface area contributed by atoms with Crippen molar-refractivity contribution in [3.63, 3.8) is 0 Å². The van der Waals surface area contributed by atoms with Crippen molar-refractivity contribution in [1.29, 1.82) is 0 Å². The summed E-state index contributed by atoms with van der Waals surface area (Å²) in [6.45, 7) is 3.79. The molecule has 5 heteroatoms. The molecule has 0 radical (unpaired) electrons.